The Labute approximate surface area is 472 Å². The second-order valence-electron chi connectivity index (χ2n) is 18.0. The molecule has 0 aliphatic heterocycles. The summed E-state index contributed by atoms with van der Waals surface area (Å²) in [7, 11) is -8.37. The van der Waals surface area contributed by atoms with Gasteiger partial charge in [-0.05, 0) is 123 Å². The van der Waals surface area contributed by atoms with Crippen LogP contribution < -0.4 is 50.9 Å². The zero-order chi connectivity index (χ0) is 60.0. The third-order valence-corrected chi connectivity index (χ3v) is 16.0. The Morgan fingerprint density at radius 3 is 1.70 bits per heavy atom. The molecule has 0 unspecified atom stereocenters. The highest BCUT2D eigenvalue weighted by Gasteiger charge is 2.67. The molecule has 6 rings (SSSR count). The van der Waals surface area contributed by atoms with Gasteiger partial charge in [-0.1, -0.05) is 12.1 Å². The molecule has 0 atom stereocenters. The third-order valence-electron chi connectivity index (χ3n) is 11.9. The van der Waals surface area contributed by atoms with Crippen molar-refractivity contribution in [3.63, 3.8) is 0 Å². The van der Waals surface area contributed by atoms with Crippen LogP contribution in [-0.4, -0.2) is 88.0 Å². The van der Waals surface area contributed by atoms with Crippen molar-refractivity contribution in [2.24, 2.45) is 5.11 Å². The number of alkyl halides is 4. The molecule has 434 valence electrons. The van der Waals surface area contributed by atoms with E-state index in [0.29, 0.717) is 52.7 Å². The number of rotatable bonds is 28. The van der Waals surface area contributed by atoms with Crippen molar-refractivity contribution in [3.8, 4) is 0 Å². The number of hydrogen-bond donors (Lipinski definition) is 10. The largest absolute Gasteiger partial charge is 0.477 e. The Bertz CT molecular complexity index is 3600. The molecule has 10 N–H and O–H groups in total. The number of nitrogens with one attached hydrogen (secondary N) is 9. The van der Waals surface area contributed by atoms with Crippen LogP contribution in [0.15, 0.2) is 137 Å². The number of halogens is 4. The van der Waals surface area contributed by atoms with Gasteiger partial charge in [0.25, 0.3) is 37.8 Å². The summed E-state index contributed by atoms with van der Waals surface area (Å²) in [4.78, 5) is 67.1. The first-order valence-electron chi connectivity index (χ1n) is 24.4. The van der Waals surface area contributed by atoms with Crippen LogP contribution in [0.5, 0.6) is 0 Å². The second kappa shape index (κ2) is 27.3. The van der Waals surface area contributed by atoms with E-state index < -0.39 is 49.7 Å². The van der Waals surface area contributed by atoms with Crippen molar-refractivity contribution in [2.45, 2.75) is 69.0 Å². The summed E-state index contributed by atoms with van der Waals surface area (Å²) >= 11 is 1.56. The van der Waals surface area contributed by atoms with E-state index >= 15 is 0 Å². The summed E-state index contributed by atoms with van der Waals surface area (Å²) in [5.41, 5.74) is 17.0. The van der Waals surface area contributed by atoms with E-state index in [0.717, 1.165) is 29.8 Å². The van der Waals surface area contributed by atoms with Gasteiger partial charge in [0.05, 0.1) is 27.8 Å². The van der Waals surface area contributed by atoms with Gasteiger partial charge in [0.1, 0.15) is 5.56 Å². The van der Waals surface area contributed by atoms with Crippen LogP contribution in [-0.2, 0) is 63.8 Å². The molecule has 2 aromatic heterocycles. The summed E-state index contributed by atoms with van der Waals surface area (Å²) in [5.74, 6) is -17.2. The molecular formula is C52H56F4N12O11S3+2. The molecule has 2 heterocycles. The highest BCUT2D eigenvalue weighted by molar-refractivity contribution is 7.99. The van der Waals surface area contributed by atoms with Crippen LogP contribution in [0.2, 0.25) is 0 Å². The van der Waals surface area contributed by atoms with E-state index in [2.05, 4.69) is 36.0 Å². The standard InChI is InChI=1S/C52H54F4N12O11S3/c1-32-9-19-42(81(75,76)65-40-15-11-38(62-57)12-16-40)34(3)46(32)60-44(69)29-67-23-5-7-36(27-67)31-79-59-22-26-80-25-21-58-48(71)37-8-6-24-68(28-37)30-45(70)61-47-33(2)10-20-43(35(47)4)82(77,78)66-41-17-13-39(14-18-41)63-64-49(72)51(53,54)52(55,56)50(73)74/h5-20,23-24,27-28,59H,21-22,25-26,29-31H2,1-4H3,(H7-2,57,58,60,61,62,63,64,65,66,69,70,71,72,73,74)/p+2. The number of thioether (sulfide) groups is 1. The molecule has 0 saturated carbocycles. The molecule has 82 heavy (non-hydrogen) atoms. The summed E-state index contributed by atoms with van der Waals surface area (Å²) < 4.78 is 116. The first-order valence-corrected chi connectivity index (χ1v) is 28.5. The lowest BCUT2D eigenvalue weighted by molar-refractivity contribution is -0.684. The maximum absolute atomic E-state index is 13.7. The fourth-order valence-corrected chi connectivity index (χ4v) is 11.0. The van der Waals surface area contributed by atoms with E-state index in [1.165, 1.54) is 65.6 Å². The number of aliphatic carboxylic acids is 1. The maximum Gasteiger partial charge on any atom is 0.413 e. The Balaban J connectivity index is 0.893. The molecule has 0 aliphatic rings. The van der Waals surface area contributed by atoms with Crippen LogP contribution in [0.1, 0.15) is 38.2 Å². The van der Waals surface area contributed by atoms with Crippen LogP contribution >= 0.6 is 11.8 Å². The van der Waals surface area contributed by atoms with E-state index in [1.54, 1.807) is 80.0 Å². The summed E-state index contributed by atoms with van der Waals surface area (Å²) in [6.45, 7) is 7.18. The van der Waals surface area contributed by atoms with Crippen molar-refractivity contribution in [1.82, 2.24) is 16.2 Å². The highest BCUT2D eigenvalue weighted by atomic mass is 32.2. The molecule has 0 radical (unpaired) electrons. The lowest BCUT2D eigenvalue weighted by Gasteiger charge is -2.22. The van der Waals surface area contributed by atoms with Crippen molar-refractivity contribution in [1.29, 1.82) is 5.53 Å². The van der Waals surface area contributed by atoms with E-state index in [9.17, 15) is 58.4 Å². The number of benzene rings is 4. The van der Waals surface area contributed by atoms with Gasteiger partial charge in [-0.25, -0.2) is 32.6 Å². The first kappa shape index (κ1) is 62.6. The van der Waals surface area contributed by atoms with Crippen LogP contribution in [0.4, 0.5) is 51.7 Å². The van der Waals surface area contributed by atoms with Crippen molar-refractivity contribution < 1.29 is 77.4 Å². The number of hydroxylamine groups is 1. The van der Waals surface area contributed by atoms with Crippen LogP contribution in [0.3, 0.4) is 0 Å². The van der Waals surface area contributed by atoms with Crippen molar-refractivity contribution in [2.75, 3.05) is 50.1 Å². The number of aryl methyl sites for hydroxylation is 2. The fourth-order valence-electron chi connectivity index (χ4n) is 7.72. The lowest BCUT2D eigenvalue weighted by atomic mass is 10.1. The van der Waals surface area contributed by atoms with E-state index in [4.69, 9.17) is 15.5 Å². The number of hydrogen-bond acceptors (Lipinski definition) is 15. The number of carboxylic acids is 1. The molecule has 23 nitrogen and oxygen atoms in total. The van der Waals surface area contributed by atoms with Gasteiger partial charge >= 0.3 is 23.7 Å². The van der Waals surface area contributed by atoms with Crippen molar-refractivity contribution >= 4 is 95.5 Å². The number of carbonyl (C=O) groups excluding carboxylic acids is 4. The molecule has 0 fully saturated rings. The summed E-state index contributed by atoms with van der Waals surface area (Å²) in [5, 5.41) is 20.1. The number of pyridine rings is 2. The maximum atomic E-state index is 13.7. The minimum Gasteiger partial charge on any atom is -0.477 e. The Morgan fingerprint density at radius 1 is 0.659 bits per heavy atom. The normalized spacial score (nSPS) is 11.7. The monoisotopic (exact) mass is 1200 g/mol. The first-order chi connectivity index (χ1) is 38.7. The predicted molar refractivity (Wildman–Crippen MR) is 293 cm³/mol. The molecule has 0 aliphatic carbocycles. The van der Waals surface area contributed by atoms with Gasteiger partial charge in [0, 0.05) is 65.0 Å². The smallest absolute Gasteiger partial charge is 0.413 e. The van der Waals surface area contributed by atoms with Gasteiger partial charge in [-0.2, -0.15) is 43.6 Å². The SMILES string of the molecule is Cc1ccc(S(=O)(=O)Nc2ccc(N=N)cc2)c(C)c1NC(=O)C[n+]1cccc(CONCCSCCNC(=O)c2ccc[n+](CC(=O)Nc3c(C)ccc(S(=O)(=O)Nc4ccc(NNC(=O)C(F)(F)C(F)(F)C(=O)O)cc4)c3C)c2)c1. The lowest BCUT2D eigenvalue weighted by Crippen LogP contribution is -2.57. The molecule has 4 aromatic carbocycles. The quantitative estimate of drug-likeness (QED) is 0.00884. The number of sulfonamides is 2. The highest BCUT2D eigenvalue weighted by Crippen LogP contribution is 2.35. The molecule has 6 aromatic rings. The van der Waals surface area contributed by atoms with E-state index in [1.807, 2.05) is 11.5 Å². The minimum atomic E-state index is -5.70. The minimum absolute atomic E-state index is 0.00899. The van der Waals surface area contributed by atoms with Gasteiger partial charge in [-0.15, -0.1) is 0 Å². The summed E-state index contributed by atoms with van der Waals surface area (Å²) in [6, 6.07) is 23.1. The number of carboxylic acid groups (broad SMARTS) is 1. The average molecular weight is 1200 g/mol. The average Bonchev–Trinajstić information content (AvgIpc) is 3.62. The number of aromatic nitrogens is 2. The number of nitrogens with zero attached hydrogens (tertiary/aromatic N) is 3. The van der Waals surface area contributed by atoms with Crippen molar-refractivity contribution in [3.05, 3.63) is 155 Å². The zero-order valence-electron chi connectivity index (χ0n) is 44.1. The number of amides is 4. The fraction of sp³-hybridized carbons (Fsp3) is 0.250. The Kier molecular flexibility index (Phi) is 20.8. The zero-order valence-corrected chi connectivity index (χ0v) is 46.6. The van der Waals surface area contributed by atoms with Gasteiger partial charge in [0.15, 0.2) is 24.8 Å². The van der Waals surface area contributed by atoms with E-state index in [-0.39, 0.29) is 75.2 Å². The number of carbonyl (C=O) groups is 5. The topological polar surface area (TPSA) is 323 Å². The van der Waals surface area contributed by atoms with Crippen LogP contribution in [0.25, 0.3) is 0 Å². The van der Waals surface area contributed by atoms with Gasteiger partial charge in [0.2, 0.25) is 13.1 Å². The van der Waals surface area contributed by atoms with Gasteiger partial charge in [-0.3, -0.25) is 44.3 Å². The second-order valence-corrected chi connectivity index (χ2v) is 22.6. The predicted octanol–water partition coefficient (Wildman–Crippen LogP) is 6.02. The molecular weight excluding hydrogens is 1140 g/mol. The molecule has 0 spiro atoms. The molecule has 0 bridgehead atoms. The Hall–Kier alpha value is -8.58. The summed E-state index contributed by atoms with van der Waals surface area (Å²) in [6.07, 6.45) is 6.53. The third kappa shape index (κ3) is 16.3. The molecule has 30 heteroatoms. The Morgan fingerprint density at radius 2 is 1.16 bits per heavy atom. The molecule has 0 saturated heterocycles. The molecule has 4 amide bonds. The van der Waals surface area contributed by atoms with Crippen LogP contribution in [0, 0.1) is 33.2 Å². The number of anilines is 5. The van der Waals surface area contributed by atoms with Gasteiger partial charge < -0.3 is 21.1 Å². The number of hydrazine groups is 1.